The third-order valence-electron chi connectivity index (χ3n) is 3.08. The normalized spacial score (nSPS) is 23.1. The van der Waals surface area contributed by atoms with E-state index < -0.39 is 7.12 Å². The molecule has 0 amide bonds. The zero-order valence-electron chi connectivity index (χ0n) is 9.52. The van der Waals surface area contributed by atoms with Crippen molar-refractivity contribution >= 4 is 12.7 Å². The van der Waals surface area contributed by atoms with Crippen LogP contribution in [0.3, 0.4) is 0 Å². The average Bonchev–Trinajstić information content (AvgIpc) is 2.38. The maximum Gasteiger partial charge on any atom is 0.516 e. The van der Waals surface area contributed by atoms with E-state index in [1.807, 2.05) is 27.7 Å². The van der Waals surface area contributed by atoms with Gasteiger partial charge in [0.1, 0.15) is 0 Å². The Morgan fingerprint density at radius 1 is 1.07 bits per heavy atom. The van der Waals surface area contributed by atoms with Crippen molar-refractivity contribution in [2.24, 2.45) is 0 Å². The van der Waals surface area contributed by atoms with Gasteiger partial charge in [-0.25, -0.2) is 0 Å². The molecule has 1 aromatic heterocycles. The minimum absolute atomic E-state index is 0.324. The molecule has 1 aliphatic rings. The maximum absolute atomic E-state index is 5.83. The zero-order valence-corrected chi connectivity index (χ0v) is 9.52. The number of hydrogen-bond donors (Lipinski definition) is 0. The quantitative estimate of drug-likeness (QED) is 0.636. The first kappa shape index (κ1) is 10.6. The SMILES string of the molecule is CC1(C)OB(c2cnccn2)OC1(C)C. The molecule has 5 heteroatoms. The first-order chi connectivity index (χ1) is 6.92. The van der Waals surface area contributed by atoms with Gasteiger partial charge in [-0.3, -0.25) is 9.97 Å². The average molecular weight is 206 g/mol. The van der Waals surface area contributed by atoms with E-state index >= 15 is 0 Å². The Morgan fingerprint density at radius 3 is 2.13 bits per heavy atom. The Kier molecular flexibility index (Phi) is 2.32. The summed E-state index contributed by atoms with van der Waals surface area (Å²) in [6.45, 7) is 8.07. The molecule has 2 heterocycles. The van der Waals surface area contributed by atoms with Crippen molar-refractivity contribution in [3.05, 3.63) is 18.6 Å². The van der Waals surface area contributed by atoms with E-state index in [2.05, 4.69) is 9.97 Å². The highest BCUT2D eigenvalue weighted by Gasteiger charge is 2.52. The molecule has 80 valence electrons. The monoisotopic (exact) mass is 206 g/mol. The molecule has 1 aromatic rings. The third kappa shape index (κ3) is 1.77. The fraction of sp³-hybridized carbons (Fsp3) is 0.600. The van der Waals surface area contributed by atoms with Crippen molar-refractivity contribution in [2.75, 3.05) is 0 Å². The van der Waals surface area contributed by atoms with E-state index in [9.17, 15) is 0 Å². The zero-order chi connectivity index (χ0) is 11.1. The summed E-state index contributed by atoms with van der Waals surface area (Å²) in [6.07, 6.45) is 4.94. The molecule has 0 bridgehead atoms. The van der Waals surface area contributed by atoms with Gasteiger partial charge in [-0.15, -0.1) is 0 Å². The molecule has 1 saturated heterocycles. The van der Waals surface area contributed by atoms with Crippen LogP contribution >= 0.6 is 0 Å². The lowest BCUT2D eigenvalue weighted by atomic mass is 9.85. The van der Waals surface area contributed by atoms with Crippen LogP contribution in [0.2, 0.25) is 0 Å². The molecular weight excluding hydrogens is 191 g/mol. The van der Waals surface area contributed by atoms with Gasteiger partial charge < -0.3 is 9.31 Å². The van der Waals surface area contributed by atoms with E-state index in [-0.39, 0.29) is 11.2 Å². The van der Waals surface area contributed by atoms with E-state index in [0.29, 0.717) is 0 Å². The summed E-state index contributed by atoms with van der Waals surface area (Å²) < 4.78 is 11.7. The van der Waals surface area contributed by atoms with Crippen LogP contribution in [0.5, 0.6) is 0 Å². The molecule has 0 N–H and O–H groups in total. The predicted molar refractivity (Wildman–Crippen MR) is 57.7 cm³/mol. The molecule has 0 aliphatic carbocycles. The number of aromatic nitrogens is 2. The second-order valence-electron chi connectivity index (χ2n) is 4.72. The lowest BCUT2D eigenvalue weighted by molar-refractivity contribution is 0.00578. The van der Waals surface area contributed by atoms with Gasteiger partial charge in [0.25, 0.3) is 0 Å². The maximum atomic E-state index is 5.83. The molecule has 15 heavy (non-hydrogen) atoms. The Hall–Kier alpha value is -0.935. The lowest BCUT2D eigenvalue weighted by Crippen LogP contribution is -2.41. The Balaban J connectivity index is 2.24. The molecule has 0 spiro atoms. The van der Waals surface area contributed by atoms with E-state index in [4.69, 9.17) is 9.31 Å². The standard InChI is InChI=1S/C10H15BN2O2/c1-9(2)10(3,4)15-11(14-9)8-7-12-5-6-13-8/h5-7H,1-4H3. The van der Waals surface area contributed by atoms with Crippen molar-refractivity contribution in [3.8, 4) is 0 Å². The van der Waals surface area contributed by atoms with Crippen molar-refractivity contribution in [2.45, 2.75) is 38.9 Å². The van der Waals surface area contributed by atoms with Gasteiger partial charge in [-0.05, 0) is 27.7 Å². The summed E-state index contributed by atoms with van der Waals surface area (Å²) in [5, 5.41) is 0. The molecule has 0 radical (unpaired) electrons. The molecule has 0 aromatic carbocycles. The minimum atomic E-state index is -0.413. The van der Waals surface area contributed by atoms with Crippen LogP contribution < -0.4 is 5.59 Å². The fourth-order valence-corrected chi connectivity index (χ4v) is 1.40. The second kappa shape index (κ2) is 3.28. The predicted octanol–water partition coefficient (Wildman–Crippen LogP) is 0.776. The van der Waals surface area contributed by atoms with Crippen LogP contribution in [0, 0.1) is 0 Å². The van der Waals surface area contributed by atoms with Gasteiger partial charge >= 0.3 is 7.12 Å². The Bertz CT molecular complexity index is 338. The summed E-state index contributed by atoms with van der Waals surface area (Å²) in [7, 11) is -0.413. The van der Waals surface area contributed by atoms with Crippen LogP contribution in [0.4, 0.5) is 0 Å². The largest absolute Gasteiger partial charge is 0.516 e. The second-order valence-corrected chi connectivity index (χ2v) is 4.72. The summed E-state index contributed by atoms with van der Waals surface area (Å²) in [4.78, 5) is 8.18. The van der Waals surface area contributed by atoms with Gasteiger partial charge in [0.15, 0.2) is 0 Å². The highest BCUT2D eigenvalue weighted by Crippen LogP contribution is 2.36. The first-order valence-corrected chi connectivity index (χ1v) is 5.04. The smallest absolute Gasteiger partial charge is 0.398 e. The molecule has 1 fully saturated rings. The van der Waals surface area contributed by atoms with Crippen LogP contribution in [0.1, 0.15) is 27.7 Å². The first-order valence-electron chi connectivity index (χ1n) is 5.04. The summed E-state index contributed by atoms with van der Waals surface area (Å²) >= 11 is 0. The van der Waals surface area contributed by atoms with Crippen LogP contribution in [-0.4, -0.2) is 28.3 Å². The number of rotatable bonds is 1. The van der Waals surface area contributed by atoms with Crippen LogP contribution in [-0.2, 0) is 9.31 Å². The highest BCUT2D eigenvalue weighted by atomic mass is 16.7. The Morgan fingerprint density at radius 2 is 1.67 bits per heavy atom. The van der Waals surface area contributed by atoms with E-state index in [1.54, 1.807) is 18.6 Å². The van der Waals surface area contributed by atoms with Gasteiger partial charge in [0, 0.05) is 18.6 Å². The molecule has 4 nitrogen and oxygen atoms in total. The molecule has 0 atom stereocenters. The topological polar surface area (TPSA) is 44.2 Å². The molecular formula is C10H15BN2O2. The third-order valence-corrected chi connectivity index (χ3v) is 3.08. The summed E-state index contributed by atoms with van der Waals surface area (Å²) in [5.74, 6) is 0. The van der Waals surface area contributed by atoms with Crippen molar-refractivity contribution in [3.63, 3.8) is 0 Å². The molecule has 1 aliphatic heterocycles. The van der Waals surface area contributed by atoms with Crippen molar-refractivity contribution < 1.29 is 9.31 Å². The van der Waals surface area contributed by atoms with Crippen molar-refractivity contribution in [1.82, 2.24) is 9.97 Å². The molecule has 0 unspecified atom stereocenters. The van der Waals surface area contributed by atoms with E-state index in [1.165, 1.54) is 0 Å². The lowest BCUT2D eigenvalue weighted by Gasteiger charge is -2.32. The number of nitrogens with zero attached hydrogens (tertiary/aromatic N) is 2. The van der Waals surface area contributed by atoms with E-state index in [0.717, 1.165) is 5.59 Å². The molecule has 2 rings (SSSR count). The summed E-state index contributed by atoms with van der Waals surface area (Å²) in [6, 6.07) is 0. The van der Waals surface area contributed by atoms with Gasteiger partial charge in [0.2, 0.25) is 0 Å². The summed E-state index contributed by atoms with van der Waals surface area (Å²) in [5.41, 5.74) is 0.0702. The minimum Gasteiger partial charge on any atom is -0.398 e. The van der Waals surface area contributed by atoms with Crippen molar-refractivity contribution in [1.29, 1.82) is 0 Å². The van der Waals surface area contributed by atoms with Gasteiger partial charge in [0.05, 0.1) is 16.8 Å². The number of hydrogen-bond acceptors (Lipinski definition) is 4. The van der Waals surface area contributed by atoms with Gasteiger partial charge in [-0.2, -0.15) is 0 Å². The highest BCUT2D eigenvalue weighted by molar-refractivity contribution is 6.61. The van der Waals surface area contributed by atoms with Crippen LogP contribution in [0.25, 0.3) is 0 Å². The van der Waals surface area contributed by atoms with Crippen LogP contribution in [0.15, 0.2) is 18.6 Å². The fourth-order valence-electron chi connectivity index (χ4n) is 1.40. The Labute approximate surface area is 90.2 Å². The van der Waals surface area contributed by atoms with Gasteiger partial charge in [-0.1, -0.05) is 0 Å². The molecule has 0 saturated carbocycles.